The number of hydrogen-bond donors (Lipinski definition) is 1. The van der Waals surface area contributed by atoms with Crippen LogP contribution in [0.3, 0.4) is 0 Å². The molecule has 0 bridgehead atoms. The van der Waals surface area contributed by atoms with Crippen LogP contribution in [0, 0.1) is 0 Å². The Morgan fingerprint density at radius 1 is 1.02 bits per heavy atom. The third-order valence-electron chi connectivity index (χ3n) is 7.53. The molecule has 1 atom stereocenters. The fourth-order valence-electron chi connectivity index (χ4n) is 5.15. The van der Waals surface area contributed by atoms with Gasteiger partial charge in [-0.25, -0.2) is 4.99 Å². The minimum atomic E-state index is -0.439. The number of anilines is 1. The average Bonchev–Trinajstić information content (AvgIpc) is 3.38. The number of hydrogen-bond acceptors (Lipinski definition) is 6. The fraction of sp³-hybridized carbons (Fsp3) is 0.265. The number of carbonyl (C=O) groups excluding carboxylic acids is 2. The second kappa shape index (κ2) is 12.7. The van der Waals surface area contributed by atoms with Gasteiger partial charge >= 0.3 is 0 Å². The van der Waals surface area contributed by atoms with Crippen molar-refractivity contribution >= 4 is 34.4 Å². The van der Waals surface area contributed by atoms with Crippen molar-refractivity contribution in [3.05, 3.63) is 118 Å². The number of fused-ring (bicyclic) bond motifs is 1. The summed E-state index contributed by atoms with van der Waals surface area (Å²) in [7, 11) is 3.43. The van der Waals surface area contributed by atoms with Crippen molar-refractivity contribution in [2.45, 2.75) is 45.7 Å². The molecule has 0 saturated carbocycles. The number of rotatable bonds is 9. The summed E-state index contributed by atoms with van der Waals surface area (Å²) in [4.78, 5) is 36.0. The zero-order valence-corrected chi connectivity index (χ0v) is 25.4. The number of thioether (sulfide) groups is 1. The van der Waals surface area contributed by atoms with Crippen molar-refractivity contribution in [2.24, 2.45) is 4.99 Å². The molecule has 42 heavy (non-hydrogen) atoms. The van der Waals surface area contributed by atoms with Crippen molar-refractivity contribution in [2.75, 3.05) is 19.5 Å². The van der Waals surface area contributed by atoms with Crippen molar-refractivity contribution in [3.8, 4) is 5.75 Å². The van der Waals surface area contributed by atoms with Gasteiger partial charge in [0.2, 0.25) is 5.91 Å². The van der Waals surface area contributed by atoms with Gasteiger partial charge in [-0.1, -0.05) is 80.2 Å². The van der Waals surface area contributed by atoms with E-state index in [1.54, 1.807) is 12.0 Å². The Kier molecular flexibility index (Phi) is 8.83. The summed E-state index contributed by atoms with van der Waals surface area (Å²) < 4.78 is 5.26. The number of nitrogens with zero attached hydrogens (tertiary/aromatic N) is 3. The van der Waals surface area contributed by atoms with E-state index >= 15 is 0 Å². The predicted molar refractivity (Wildman–Crippen MR) is 170 cm³/mol. The van der Waals surface area contributed by atoms with E-state index in [1.165, 1.54) is 17.3 Å². The van der Waals surface area contributed by atoms with E-state index in [1.807, 2.05) is 74.0 Å². The number of allylic oxidation sites excluding steroid dienone is 1. The van der Waals surface area contributed by atoms with Crippen molar-refractivity contribution in [1.82, 2.24) is 9.80 Å². The SMILES string of the molecule is COc1ccc(NC(=O)C2=C(C)N=C3SC=C(CC(=O)N(C)Cc4ccccc4)N3C2c2ccc(C(C)C)cc2)cc1. The van der Waals surface area contributed by atoms with Crippen LogP contribution < -0.4 is 10.1 Å². The van der Waals surface area contributed by atoms with Gasteiger partial charge in [0.05, 0.1) is 30.8 Å². The van der Waals surface area contributed by atoms with Gasteiger partial charge in [0.15, 0.2) is 5.17 Å². The molecule has 5 rings (SSSR count). The zero-order chi connectivity index (χ0) is 29.8. The maximum absolute atomic E-state index is 13.9. The molecule has 2 amide bonds. The normalized spacial score (nSPS) is 16.1. The van der Waals surface area contributed by atoms with Crippen LogP contribution in [0.15, 0.2) is 106 Å². The van der Waals surface area contributed by atoms with Crippen LogP contribution in [0.25, 0.3) is 0 Å². The van der Waals surface area contributed by atoms with E-state index in [0.717, 1.165) is 22.0 Å². The van der Waals surface area contributed by atoms with Gasteiger partial charge in [0, 0.05) is 25.0 Å². The molecule has 7 nitrogen and oxygen atoms in total. The molecule has 0 radical (unpaired) electrons. The smallest absolute Gasteiger partial charge is 0.255 e. The molecule has 2 aliphatic rings. The molecular formula is C34H36N4O3S. The molecule has 2 aliphatic heterocycles. The number of aliphatic imine (C=N–C) groups is 1. The minimum absolute atomic E-state index is 0.00336. The lowest BCUT2D eigenvalue weighted by molar-refractivity contribution is -0.129. The first-order valence-electron chi connectivity index (χ1n) is 14.0. The number of benzene rings is 3. The van der Waals surface area contributed by atoms with Gasteiger partial charge in [-0.3, -0.25) is 9.59 Å². The van der Waals surface area contributed by atoms with Gasteiger partial charge in [-0.15, -0.1) is 0 Å². The first kappa shape index (κ1) is 29.2. The molecule has 1 unspecified atom stereocenters. The van der Waals surface area contributed by atoms with Crippen molar-refractivity contribution < 1.29 is 14.3 Å². The lowest BCUT2D eigenvalue weighted by atomic mass is 9.91. The highest BCUT2D eigenvalue weighted by molar-refractivity contribution is 8.16. The van der Waals surface area contributed by atoms with Gasteiger partial charge in [0.1, 0.15) is 5.75 Å². The molecule has 0 fully saturated rings. The van der Waals surface area contributed by atoms with Crippen LogP contribution in [0.2, 0.25) is 0 Å². The Hall–Kier alpha value is -4.30. The summed E-state index contributed by atoms with van der Waals surface area (Å²) in [5.74, 6) is 0.857. The van der Waals surface area contributed by atoms with E-state index in [-0.39, 0.29) is 18.2 Å². The zero-order valence-electron chi connectivity index (χ0n) is 24.6. The maximum atomic E-state index is 13.9. The first-order valence-corrected chi connectivity index (χ1v) is 14.9. The predicted octanol–water partition coefficient (Wildman–Crippen LogP) is 7.08. The molecule has 2 heterocycles. The molecule has 1 N–H and O–H groups in total. The molecule has 0 aromatic heterocycles. The average molecular weight is 581 g/mol. The number of amides is 2. The number of carbonyl (C=O) groups is 2. The van der Waals surface area contributed by atoms with E-state index in [4.69, 9.17) is 9.73 Å². The van der Waals surface area contributed by atoms with E-state index in [0.29, 0.717) is 35.2 Å². The highest BCUT2D eigenvalue weighted by atomic mass is 32.2. The topological polar surface area (TPSA) is 74.2 Å². The van der Waals surface area contributed by atoms with Crippen LogP contribution in [0.1, 0.15) is 55.8 Å². The minimum Gasteiger partial charge on any atom is -0.497 e. The Balaban J connectivity index is 1.46. The summed E-state index contributed by atoms with van der Waals surface area (Å²) in [5.41, 5.74) is 5.94. The summed E-state index contributed by atoms with van der Waals surface area (Å²) in [6.45, 7) is 6.72. The Labute approximate surface area is 252 Å². The fourth-order valence-corrected chi connectivity index (χ4v) is 6.11. The maximum Gasteiger partial charge on any atom is 0.255 e. The number of amidine groups is 1. The highest BCUT2D eigenvalue weighted by Crippen LogP contribution is 2.45. The molecule has 3 aromatic carbocycles. The lowest BCUT2D eigenvalue weighted by Gasteiger charge is -2.37. The van der Waals surface area contributed by atoms with Crippen LogP contribution in [0.5, 0.6) is 5.75 Å². The number of nitrogens with one attached hydrogen (secondary N) is 1. The molecule has 3 aromatic rings. The van der Waals surface area contributed by atoms with E-state index in [2.05, 4.69) is 48.3 Å². The molecule has 0 spiro atoms. The second-order valence-corrected chi connectivity index (χ2v) is 11.6. The molecule has 216 valence electrons. The number of methoxy groups -OCH3 is 1. The van der Waals surface area contributed by atoms with Crippen molar-refractivity contribution in [1.29, 1.82) is 0 Å². The molecular weight excluding hydrogens is 544 g/mol. The van der Waals surface area contributed by atoms with Crippen molar-refractivity contribution in [3.63, 3.8) is 0 Å². The summed E-state index contributed by atoms with van der Waals surface area (Å²) in [6, 6.07) is 25.2. The van der Waals surface area contributed by atoms with Gasteiger partial charge < -0.3 is 19.9 Å². The Morgan fingerprint density at radius 2 is 1.71 bits per heavy atom. The largest absolute Gasteiger partial charge is 0.497 e. The first-order chi connectivity index (χ1) is 20.2. The van der Waals surface area contributed by atoms with Gasteiger partial charge in [-0.05, 0) is 59.2 Å². The van der Waals surface area contributed by atoms with Crippen LogP contribution in [-0.4, -0.2) is 40.9 Å². The quantitative estimate of drug-likeness (QED) is 0.293. The van der Waals surface area contributed by atoms with Gasteiger partial charge in [0.25, 0.3) is 5.91 Å². The summed E-state index contributed by atoms with van der Waals surface area (Å²) in [6.07, 6.45) is 0.197. The Morgan fingerprint density at radius 3 is 2.36 bits per heavy atom. The van der Waals surface area contributed by atoms with Crippen LogP contribution in [0.4, 0.5) is 5.69 Å². The monoisotopic (exact) mass is 580 g/mol. The molecule has 0 aliphatic carbocycles. The third-order valence-corrected chi connectivity index (χ3v) is 8.42. The van der Waals surface area contributed by atoms with Crippen LogP contribution in [-0.2, 0) is 16.1 Å². The lowest BCUT2D eigenvalue weighted by Crippen LogP contribution is -2.39. The second-order valence-electron chi connectivity index (χ2n) is 10.8. The molecule has 8 heteroatoms. The van der Waals surface area contributed by atoms with Gasteiger partial charge in [-0.2, -0.15) is 0 Å². The van der Waals surface area contributed by atoms with Crippen LogP contribution >= 0.6 is 11.8 Å². The third kappa shape index (κ3) is 6.29. The van der Waals surface area contributed by atoms with E-state index < -0.39 is 6.04 Å². The molecule has 0 saturated heterocycles. The highest BCUT2D eigenvalue weighted by Gasteiger charge is 2.40. The summed E-state index contributed by atoms with van der Waals surface area (Å²) >= 11 is 1.49. The standard InChI is InChI=1S/C34H36N4O3S/c1-22(2)25-11-13-26(14-12-25)32-31(33(40)36-27-15-17-29(41-5)18-16-27)23(3)35-34-38(32)28(21-42-34)19-30(39)37(4)20-24-9-7-6-8-10-24/h6-18,21-22,32H,19-20H2,1-5H3,(H,36,40). The summed E-state index contributed by atoms with van der Waals surface area (Å²) in [5, 5.41) is 5.80. The number of ether oxygens (including phenoxy) is 1. The Bertz CT molecular complexity index is 1540. The van der Waals surface area contributed by atoms with E-state index in [9.17, 15) is 9.59 Å².